The summed E-state index contributed by atoms with van der Waals surface area (Å²) in [6.45, 7) is 4.08. The third-order valence-electron chi connectivity index (χ3n) is 2.05. The Hall–Kier alpha value is -2.37. The highest BCUT2D eigenvalue weighted by Gasteiger charge is 2.17. The Bertz CT molecular complexity index is 498. The number of para-hydroxylation sites is 1. The van der Waals surface area contributed by atoms with Gasteiger partial charge in [0.05, 0.1) is 0 Å². The smallest absolute Gasteiger partial charge is 0.343 e. The van der Waals surface area contributed by atoms with Crippen LogP contribution in [0.1, 0.15) is 31.1 Å². The quantitative estimate of drug-likeness (QED) is 0.503. The first-order valence-electron chi connectivity index (χ1n) is 5.65. The normalized spacial score (nSPS) is 11.3. The summed E-state index contributed by atoms with van der Waals surface area (Å²) < 4.78 is 9.91. The fraction of sp³-hybridized carbons (Fsp3) is 0.308. The monoisotopic (exact) mass is 265 g/mol. The zero-order valence-electron chi connectivity index (χ0n) is 10.9. The number of nitrogens with one attached hydrogen (secondary N) is 1. The molecular weight excluding hydrogens is 250 g/mol. The highest BCUT2D eigenvalue weighted by atomic mass is 16.6. The van der Waals surface area contributed by atoms with Gasteiger partial charge in [-0.25, -0.2) is 4.79 Å². The van der Waals surface area contributed by atoms with Gasteiger partial charge >= 0.3 is 11.9 Å². The largest absolute Gasteiger partial charge is 0.438 e. The van der Waals surface area contributed by atoms with E-state index in [1.807, 2.05) is 0 Å². The molecule has 0 radical (unpaired) electrons. The van der Waals surface area contributed by atoms with Gasteiger partial charge in [-0.2, -0.15) is 0 Å². The van der Waals surface area contributed by atoms with Crippen LogP contribution in [0.3, 0.4) is 0 Å². The molecule has 0 fully saturated rings. The van der Waals surface area contributed by atoms with Crippen LogP contribution in [-0.2, 0) is 14.3 Å². The molecule has 6 heteroatoms. The predicted octanol–water partition coefficient (Wildman–Crippen LogP) is 1.25. The van der Waals surface area contributed by atoms with Gasteiger partial charge in [0, 0.05) is 13.8 Å². The number of hydrogen-bond acceptors (Lipinski definition) is 5. The lowest BCUT2D eigenvalue weighted by molar-refractivity contribution is -0.131. The maximum absolute atomic E-state index is 11.9. The summed E-state index contributed by atoms with van der Waals surface area (Å²) in [4.78, 5) is 33.6. The molecule has 0 aliphatic carbocycles. The van der Waals surface area contributed by atoms with Gasteiger partial charge in [-0.3, -0.25) is 9.59 Å². The van der Waals surface area contributed by atoms with E-state index in [9.17, 15) is 14.4 Å². The molecule has 0 saturated heterocycles. The predicted molar refractivity (Wildman–Crippen MR) is 66.4 cm³/mol. The van der Waals surface area contributed by atoms with Crippen LogP contribution >= 0.6 is 0 Å². The van der Waals surface area contributed by atoms with Gasteiger partial charge in [-0.1, -0.05) is 12.1 Å². The average molecular weight is 265 g/mol. The minimum absolute atomic E-state index is 0.120. The second-order valence-corrected chi connectivity index (χ2v) is 3.84. The van der Waals surface area contributed by atoms with Crippen LogP contribution in [0.5, 0.6) is 5.75 Å². The summed E-state index contributed by atoms with van der Waals surface area (Å²) in [6.07, 6.45) is -0.768. The number of hydrogen-bond donors (Lipinski definition) is 1. The summed E-state index contributed by atoms with van der Waals surface area (Å²) in [5, 5.41) is 2.41. The lowest BCUT2D eigenvalue weighted by atomic mass is 10.2. The minimum atomic E-state index is -0.768. The molecule has 19 heavy (non-hydrogen) atoms. The molecule has 0 bridgehead atoms. The Morgan fingerprint density at radius 2 is 1.79 bits per heavy atom. The highest BCUT2D eigenvalue weighted by Crippen LogP contribution is 2.19. The fourth-order valence-corrected chi connectivity index (χ4v) is 1.42. The van der Waals surface area contributed by atoms with Gasteiger partial charge in [0.25, 0.3) is 0 Å². The van der Waals surface area contributed by atoms with Crippen LogP contribution in [0.2, 0.25) is 0 Å². The molecule has 1 N–H and O–H groups in total. The van der Waals surface area contributed by atoms with Gasteiger partial charge in [-0.05, 0) is 19.1 Å². The first-order chi connectivity index (χ1) is 8.90. The zero-order chi connectivity index (χ0) is 14.4. The van der Waals surface area contributed by atoms with E-state index in [1.165, 1.54) is 32.9 Å². The number of rotatable bonds is 4. The Kier molecular flexibility index (Phi) is 5.05. The number of amides is 1. The van der Waals surface area contributed by atoms with Crippen molar-refractivity contribution in [2.75, 3.05) is 0 Å². The van der Waals surface area contributed by atoms with Gasteiger partial charge in [0.2, 0.25) is 5.91 Å². The minimum Gasteiger partial charge on any atom is -0.438 e. The summed E-state index contributed by atoms with van der Waals surface area (Å²) >= 11 is 0. The molecule has 0 saturated carbocycles. The molecule has 1 rings (SSSR count). The molecule has 1 atom stereocenters. The number of esters is 2. The summed E-state index contributed by atoms with van der Waals surface area (Å²) in [7, 11) is 0. The van der Waals surface area contributed by atoms with Crippen LogP contribution in [0.15, 0.2) is 24.3 Å². The third kappa shape index (κ3) is 4.79. The second-order valence-electron chi connectivity index (χ2n) is 3.84. The first kappa shape index (κ1) is 14.7. The Morgan fingerprint density at radius 1 is 1.16 bits per heavy atom. The van der Waals surface area contributed by atoms with Crippen molar-refractivity contribution in [1.29, 1.82) is 0 Å². The summed E-state index contributed by atoms with van der Waals surface area (Å²) in [5.41, 5.74) is 0.120. The van der Waals surface area contributed by atoms with E-state index in [2.05, 4.69) is 5.32 Å². The van der Waals surface area contributed by atoms with Crippen LogP contribution < -0.4 is 10.1 Å². The fourth-order valence-electron chi connectivity index (χ4n) is 1.42. The van der Waals surface area contributed by atoms with E-state index in [1.54, 1.807) is 12.1 Å². The van der Waals surface area contributed by atoms with Gasteiger partial charge in [0.1, 0.15) is 11.3 Å². The van der Waals surface area contributed by atoms with Crippen molar-refractivity contribution >= 4 is 17.8 Å². The third-order valence-corrected chi connectivity index (χ3v) is 2.05. The van der Waals surface area contributed by atoms with Crippen LogP contribution in [0, 0.1) is 0 Å². The van der Waals surface area contributed by atoms with Crippen molar-refractivity contribution < 1.29 is 23.9 Å². The number of benzene rings is 1. The van der Waals surface area contributed by atoms with Gasteiger partial charge < -0.3 is 14.8 Å². The molecule has 6 nitrogen and oxygen atoms in total. The van der Waals surface area contributed by atoms with Crippen molar-refractivity contribution in [3.63, 3.8) is 0 Å². The van der Waals surface area contributed by atoms with Crippen LogP contribution in [0.25, 0.3) is 0 Å². The van der Waals surface area contributed by atoms with Crippen LogP contribution in [0.4, 0.5) is 0 Å². The van der Waals surface area contributed by atoms with Crippen molar-refractivity contribution in [3.8, 4) is 5.75 Å². The molecular formula is C13H15NO5. The van der Waals surface area contributed by atoms with E-state index >= 15 is 0 Å². The molecule has 0 aliphatic rings. The standard InChI is InChI=1S/C13H15NO5/c1-8(15)14-9(2)18-13(17)11-6-4-5-7-12(11)19-10(3)16/h4-7,9H,1-3H3,(H,14,15). The van der Waals surface area contributed by atoms with Gasteiger partial charge in [-0.15, -0.1) is 0 Å². The van der Waals surface area contributed by atoms with E-state index < -0.39 is 18.2 Å². The zero-order valence-corrected chi connectivity index (χ0v) is 10.9. The van der Waals surface area contributed by atoms with Crippen molar-refractivity contribution in [3.05, 3.63) is 29.8 Å². The number of carbonyl (C=O) groups is 3. The van der Waals surface area contributed by atoms with Gasteiger partial charge in [0.15, 0.2) is 6.23 Å². The van der Waals surface area contributed by atoms with Crippen molar-refractivity contribution in [2.24, 2.45) is 0 Å². The topological polar surface area (TPSA) is 81.7 Å². The summed E-state index contributed by atoms with van der Waals surface area (Å²) in [6, 6.07) is 6.21. The molecule has 0 heterocycles. The Morgan fingerprint density at radius 3 is 2.37 bits per heavy atom. The molecule has 102 valence electrons. The Labute approximate surface area is 110 Å². The van der Waals surface area contributed by atoms with Crippen molar-refractivity contribution in [2.45, 2.75) is 27.0 Å². The number of ether oxygens (including phenoxy) is 2. The molecule has 1 unspecified atom stereocenters. The molecule has 1 aromatic rings. The number of carbonyl (C=O) groups excluding carboxylic acids is 3. The average Bonchev–Trinajstić information content (AvgIpc) is 2.27. The Balaban J connectivity index is 2.81. The molecule has 0 aromatic heterocycles. The van der Waals surface area contributed by atoms with E-state index in [0.717, 1.165) is 0 Å². The maximum atomic E-state index is 11.9. The maximum Gasteiger partial charge on any atom is 0.343 e. The van der Waals surface area contributed by atoms with E-state index in [-0.39, 0.29) is 17.2 Å². The lowest BCUT2D eigenvalue weighted by Gasteiger charge is -2.14. The second kappa shape index (κ2) is 6.53. The molecule has 0 aliphatic heterocycles. The van der Waals surface area contributed by atoms with Crippen molar-refractivity contribution in [1.82, 2.24) is 5.32 Å². The molecule has 0 spiro atoms. The molecule has 1 amide bonds. The van der Waals surface area contributed by atoms with E-state index in [4.69, 9.17) is 9.47 Å². The molecule has 1 aromatic carbocycles. The van der Waals surface area contributed by atoms with Crippen LogP contribution in [-0.4, -0.2) is 24.1 Å². The van der Waals surface area contributed by atoms with E-state index in [0.29, 0.717) is 0 Å². The first-order valence-corrected chi connectivity index (χ1v) is 5.65. The SMILES string of the molecule is CC(=O)NC(C)OC(=O)c1ccccc1OC(C)=O. The highest BCUT2D eigenvalue weighted by molar-refractivity contribution is 5.93. The summed E-state index contributed by atoms with van der Waals surface area (Å²) in [5.74, 6) is -1.41. The lowest BCUT2D eigenvalue weighted by Crippen LogP contribution is -2.34.